The van der Waals surface area contributed by atoms with E-state index >= 15 is 0 Å². The Labute approximate surface area is 148 Å². The second-order valence-electron chi connectivity index (χ2n) is 5.74. The number of carbonyl (C=O) groups is 3. The quantitative estimate of drug-likeness (QED) is 0.652. The molecule has 25 heavy (non-hydrogen) atoms. The Balaban J connectivity index is 1.71. The smallest absolute Gasteiger partial charge is 0.313 e. The summed E-state index contributed by atoms with van der Waals surface area (Å²) in [4.78, 5) is 35.5. The van der Waals surface area contributed by atoms with E-state index in [0.29, 0.717) is 6.42 Å². The first-order chi connectivity index (χ1) is 12.0. The second kappa shape index (κ2) is 7.03. The van der Waals surface area contributed by atoms with Gasteiger partial charge < -0.3 is 15.4 Å². The van der Waals surface area contributed by atoms with Crippen LogP contribution in [-0.4, -0.2) is 18.1 Å². The molecule has 5 nitrogen and oxygen atoms in total. The van der Waals surface area contributed by atoms with Crippen molar-refractivity contribution in [3.05, 3.63) is 64.4 Å². The molecule has 0 aliphatic heterocycles. The topological polar surface area (TPSA) is 75.3 Å². The van der Waals surface area contributed by atoms with E-state index in [0.717, 1.165) is 23.5 Å². The lowest BCUT2D eigenvalue weighted by atomic mass is 10.0. The van der Waals surface area contributed by atoms with Gasteiger partial charge in [-0.1, -0.05) is 35.9 Å². The third-order valence-electron chi connectivity index (χ3n) is 4.12. The van der Waals surface area contributed by atoms with Gasteiger partial charge in [0.15, 0.2) is 0 Å². The third kappa shape index (κ3) is 3.53. The summed E-state index contributed by atoms with van der Waals surface area (Å²) in [5, 5.41) is 4.80. The van der Waals surface area contributed by atoms with Gasteiger partial charge in [0.1, 0.15) is 12.1 Å². The van der Waals surface area contributed by atoms with Crippen LogP contribution < -0.4 is 10.6 Å². The number of aldehydes is 1. The van der Waals surface area contributed by atoms with Crippen molar-refractivity contribution in [2.45, 2.75) is 12.5 Å². The van der Waals surface area contributed by atoms with E-state index in [1.807, 2.05) is 24.3 Å². The predicted molar refractivity (Wildman–Crippen MR) is 90.6 cm³/mol. The number of anilines is 1. The highest BCUT2D eigenvalue weighted by Crippen LogP contribution is 2.34. The molecule has 2 aromatic carbocycles. The average Bonchev–Trinajstić information content (AvgIpc) is 2.96. The van der Waals surface area contributed by atoms with Crippen molar-refractivity contribution in [1.82, 2.24) is 5.32 Å². The number of hydrogen-bond donors (Lipinski definition) is 2. The fourth-order valence-electron chi connectivity index (χ4n) is 2.91. The minimum absolute atomic E-state index is 0.0844. The zero-order chi connectivity index (χ0) is 18.0. The van der Waals surface area contributed by atoms with E-state index in [2.05, 4.69) is 10.6 Å². The minimum Gasteiger partial charge on any atom is -0.340 e. The number of nitrogens with one attached hydrogen (secondary N) is 2. The van der Waals surface area contributed by atoms with Crippen LogP contribution in [0.5, 0.6) is 0 Å². The molecule has 7 heteroatoms. The van der Waals surface area contributed by atoms with Gasteiger partial charge in [-0.3, -0.25) is 9.59 Å². The van der Waals surface area contributed by atoms with E-state index in [1.54, 1.807) is 0 Å². The second-order valence-corrected chi connectivity index (χ2v) is 6.14. The molecule has 3 rings (SSSR count). The first-order valence-corrected chi connectivity index (χ1v) is 7.97. The summed E-state index contributed by atoms with van der Waals surface area (Å²) in [5.74, 6) is -2.98. The van der Waals surface area contributed by atoms with Gasteiger partial charge in [-0.25, -0.2) is 4.39 Å². The maximum atomic E-state index is 13.4. The summed E-state index contributed by atoms with van der Waals surface area (Å²) in [6.45, 7) is 0. The lowest BCUT2D eigenvalue weighted by molar-refractivity contribution is -0.137. The summed E-state index contributed by atoms with van der Waals surface area (Å²) in [5.41, 5.74) is 1.89. The van der Waals surface area contributed by atoms with Gasteiger partial charge in [-0.15, -0.1) is 0 Å². The molecule has 2 aromatic rings. The van der Waals surface area contributed by atoms with Gasteiger partial charge in [0, 0.05) is 11.6 Å². The van der Waals surface area contributed by atoms with Crippen LogP contribution in [0.25, 0.3) is 0 Å². The summed E-state index contributed by atoms with van der Waals surface area (Å²) >= 11 is 5.57. The number of carbonyl (C=O) groups excluding carboxylic acids is 3. The standard InChI is InChI=1S/C18H14ClFN2O3/c19-14-6-5-12(8-15(14)20)21-17(24)18(25)22-16-11(9-23)7-10-3-1-2-4-13(10)16/h1-6,8-9,11,16H,7H2,(H,21,24)(H,22,25). The SMILES string of the molecule is O=CC1Cc2ccccc2C1NC(=O)C(=O)Nc1ccc(Cl)c(F)c1. The minimum atomic E-state index is -0.948. The van der Waals surface area contributed by atoms with E-state index in [9.17, 15) is 18.8 Å². The predicted octanol–water partition coefficient (Wildman–Crippen LogP) is 2.65. The van der Waals surface area contributed by atoms with Crippen molar-refractivity contribution in [3.8, 4) is 0 Å². The van der Waals surface area contributed by atoms with Crippen molar-refractivity contribution < 1.29 is 18.8 Å². The van der Waals surface area contributed by atoms with Crippen LogP contribution >= 0.6 is 11.6 Å². The first kappa shape index (κ1) is 17.1. The number of benzene rings is 2. The lowest BCUT2D eigenvalue weighted by Crippen LogP contribution is -2.39. The number of halogens is 2. The normalized spacial score (nSPS) is 18.3. The molecule has 0 bridgehead atoms. The number of hydrogen-bond acceptors (Lipinski definition) is 3. The fraction of sp³-hybridized carbons (Fsp3) is 0.167. The lowest BCUT2D eigenvalue weighted by Gasteiger charge is -2.17. The Morgan fingerprint density at radius 1 is 1.16 bits per heavy atom. The van der Waals surface area contributed by atoms with E-state index < -0.39 is 29.6 Å². The Morgan fingerprint density at radius 3 is 2.64 bits per heavy atom. The monoisotopic (exact) mass is 360 g/mol. The maximum absolute atomic E-state index is 13.4. The molecule has 0 heterocycles. The van der Waals surface area contributed by atoms with Gasteiger partial charge >= 0.3 is 11.8 Å². The highest BCUT2D eigenvalue weighted by Gasteiger charge is 2.34. The van der Waals surface area contributed by atoms with Gasteiger partial charge in [0.2, 0.25) is 0 Å². The molecule has 0 aromatic heterocycles. The fourth-order valence-corrected chi connectivity index (χ4v) is 3.02. The average molecular weight is 361 g/mol. The highest BCUT2D eigenvalue weighted by molar-refractivity contribution is 6.39. The van der Waals surface area contributed by atoms with Gasteiger partial charge in [0.05, 0.1) is 11.1 Å². The Hall–Kier alpha value is -2.73. The van der Waals surface area contributed by atoms with Crippen LogP contribution in [0.2, 0.25) is 5.02 Å². The zero-order valence-corrected chi connectivity index (χ0v) is 13.7. The third-order valence-corrected chi connectivity index (χ3v) is 4.43. The molecule has 0 spiro atoms. The number of fused-ring (bicyclic) bond motifs is 1. The molecule has 1 aliphatic carbocycles. The van der Waals surface area contributed by atoms with Gasteiger partial charge in [-0.05, 0) is 35.7 Å². The molecular weight excluding hydrogens is 347 g/mol. The van der Waals surface area contributed by atoms with Crippen molar-refractivity contribution in [1.29, 1.82) is 0 Å². The van der Waals surface area contributed by atoms with Gasteiger partial charge in [-0.2, -0.15) is 0 Å². The molecule has 0 radical (unpaired) electrons. The summed E-state index contributed by atoms with van der Waals surface area (Å²) in [6.07, 6.45) is 1.28. The molecule has 1 aliphatic rings. The summed E-state index contributed by atoms with van der Waals surface area (Å²) in [7, 11) is 0. The molecule has 0 saturated heterocycles. The molecule has 0 saturated carbocycles. The molecule has 2 atom stereocenters. The zero-order valence-electron chi connectivity index (χ0n) is 13.0. The van der Waals surface area contributed by atoms with Crippen LogP contribution in [0.15, 0.2) is 42.5 Å². The molecule has 2 unspecified atom stereocenters. The number of rotatable bonds is 3. The molecule has 2 amide bonds. The first-order valence-electron chi connectivity index (χ1n) is 7.59. The Bertz CT molecular complexity index is 856. The summed E-state index contributed by atoms with van der Waals surface area (Å²) in [6, 6.07) is 10.5. The molecule has 2 N–H and O–H groups in total. The van der Waals surface area contributed by atoms with Crippen molar-refractivity contribution in [3.63, 3.8) is 0 Å². The van der Waals surface area contributed by atoms with Crippen LogP contribution in [0, 0.1) is 11.7 Å². The van der Waals surface area contributed by atoms with Crippen LogP contribution in [-0.2, 0) is 20.8 Å². The Morgan fingerprint density at radius 2 is 1.92 bits per heavy atom. The maximum Gasteiger partial charge on any atom is 0.313 e. The van der Waals surface area contributed by atoms with Crippen LogP contribution in [0.1, 0.15) is 17.2 Å². The van der Waals surface area contributed by atoms with E-state index in [4.69, 9.17) is 11.6 Å². The highest BCUT2D eigenvalue weighted by atomic mass is 35.5. The molecule has 128 valence electrons. The van der Waals surface area contributed by atoms with Crippen molar-refractivity contribution in [2.24, 2.45) is 5.92 Å². The van der Waals surface area contributed by atoms with E-state index in [-0.39, 0.29) is 10.7 Å². The molecule has 0 fully saturated rings. The van der Waals surface area contributed by atoms with Crippen LogP contribution in [0.3, 0.4) is 0 Å². The number of amides is 2. The van der Waals surface area contributed by atoms with Gasteiger partial charge in [0.25, 0.3) is 0 Å². The summed E-state index contributed by atoms with van der Waals surface area (Å²) < 4.78 is 13.4. The molecular formula is C18H14ClFN2O3. The largest absolute Gasteiger partial charge is 0.340 e. The Kier molecular flexibility index (Phi) is 4.81. The van der Waals surface area contributed by atoms with E-state index in [1.165, 1.54) is 12.1 Å². The van der Waals surface area contributed by atoms with Crippen LogP contribution in [0.4, 0.5) is 10.1 Å². The van der Waals surface area contributed by atoms with Crippen molar-refractivity contribution in [2.75, 3.05) is 5.32 Å². The van der Waals surface area contributed by atoms with Crippen molar-refractivity contribution >= 4 is 35.4 Å².